The second-order valence-electron chi connectivity index (χ2n) is 5.93. The summed E-state index contributed by atoms with van der Waals surface area (Å²) in [6.07, 6.45) is 7.68. The van der Waals surface area contributed by atoms with Crippen molar-refractivity contribution in [3.05, 3.63) is 35.9 Å². The van der Waals surface area contributed by atoms with Crippen LogP contribution in [-0.4, -0.2) is 19.8 Å². The molecule has 1 aliphatic rings. The molecule has 0 bridgehead atoms. The highest BCUT2D eigenvalue weighted by molar-refractivity contribution is 5.18. The second kappa shape index (κ2) is 9.15. The second-order valence-corrected chi connectivity index (χ2v) is 5.93. The first-order valence-electron chi connectivity index (χ1n) is 8.26. The third-order valence-electron chi connectivity index (χ3n) is 4.27. The van der Waals surface area contributed by atoms with Crippen molar-refractivity contribution in [1.82, 2.24) is 5.32 Å². The summed E-state index contributed by atoms with van der Waals surface area (Å²) in [6.45, 7) is 5.31. The molecule has 0 aliphatic carbocycles. The zero-order valence-electron chi connectivity index (χ0n) is 12.8. The van der Waals surface area contributed by atoms with E-state index in [0.29, 0.717) is 6.04 Å². The molecule has 0 aromatic heterocycles. The summed E-state index contributed by atoms with van der Waals surface area (Å²) in [4.78, 5) is 0. The van der Waals surface area contributed by atoms with Gasteiger partial charge in [-0.1, -0.05) is 56.5 Å². The highest BCUT2D eigenvalue weighted by atomic mass is 16.5. The van der Waals surface area contributed by atoms with E-state index in [9.17, 15) is 0 Å². The van der Waals surface area contributed by atoms with Gasteiger partial charge >= 0.3 is 0 Å². The van der Waals surface area contributed by atoms with E-state index in [-0.39, 0.29) is 0 Å². The Morgan fingerprint density at radius 1 is 1.25 bits per heavy atom. The van der Waals surface area contributed by atoms with Crippen molar-refractivity contribution < 1.29 is 4.74 Å². The summed E-state index contributed by atoms with van der Waals surface area (Å²) in [5.41, 5.74) is 1.44. The number of benzene rings is 1. The molecule has 1 N–H and O–H groups in total. The molecule has 2 nitrogen and oxygen atoms in total. The van der Waals surface area contributed by atoms with Crippen LogP contribution in [-0.2, 0) is 4.74 Å². The molecule has 1 aliphatic heterocycles. The van der Waals surface area contributed by atoms with Crippen molar-refractivity contribution in [2.45, 2.75) is 51.5 Å². The first-order chi connectivity index (χ1) is 9.90. The van der Waals surface area contributed by atoms with Crippen molar-refractivity contribution in [3.63, 3.8) is 0 Å². The largest absolute Gasteiger partial charge is 0.381 e. The van der Waals surface area contributed by atoms with Gasteiger partial charge in [-0.25, -0.2) is 0 Å². The predicted octanol–water partition coefficient (Wildman–Crippen LogP) is 4.32. The van der Waals surface area contributed by atoms with Gasteiger partial charge in [0.25, 0.3) is 0 Å². The molecule has 1 aromatic rings. The molecule has 1 fully saturated rings. The third-order valence-corrected chi connectivity index (χ3v) is 4.27. The molecular weight excluding hydrogens is 246 g/mol. The van der Waals surface area contributed by atoms with Crippen molar-refractivity contribution in [3.8, 4) is 0 Å². The molecule has 2 rings (SSSR count). The lowest BCUT2D eigenvalue weighted by atomic mass is 9.99. The summed E-state index contributed by atoms with van der Waals surface area (Å²) >= 11 is 0. The van der Waals surface area contributed by atoms with Crippen LogP contribution in [0, 0.1) is 5.92 Å². The molecule has 1 heterocycles. The van der Waals surface area contributed by atoms with Crippen molar-refractivity contribution in [2.75, 3.05) is 19.8 Å². The molecule has 2 heteroatoms. The van der Waals surface area contributed by atoms with Crippen LogP contribution in [0.15, 0.2) is 30.3 Å². The Morgan fingerprint density at radius 3 is 2.80 bits per heavy atom. The topological polar surface area (TPSA) is 21.3 Å². The molecule has 1 saturated heterocycles. The number of unbranched alkanes of at least 4 members (excludes halogenated alkanes) is 2. The first kappa shape index (κ1) is 15.5. The van der Waals surface area contributed by atoms with E-state index in [2.05, 4.69) is 42.6 Å². The molecule has 0 radical (unpaired) electrons. The minimum Gasteiger partial charge on any atom is -0.381 e. The molecule has 2 unspecified atom stereocenters. The van der Waals surface area contributed by atoms with Crippen LogP contribution in [0.2, 0.25) is 0 Å². The number of hydrogen-bond acceptors (Lipinski definition) is 2. The quantitative estimate of drug-likeness (QED) is 0.678. The standard InChI is InChI=1S/C18H29NO/c1-2-3-5-10-18(17-8-6-4-7-9-17)19-13-11-16-12-14-20-15-16/h4,6-9,16,18-19H,2-3,5,10-15H2,1H3. The van der Waals surface area contributed by atoms with Crippen molar-refractivity contribution in [2.24, 2.45) is 5.92 Å². The van der Waals surface area contributed by atoms with Crippen LogP contribution >= 0.6 is 0 Å². The van der Waals surface area contributed by atoms with Gasteiger partial charge in [0, 0.05) is 19.3 Å². The third kappa shape index (κ3) is 5.26. The summed E-state index contributed by atoms with van der Waals surface area (Å²) in [6, 6.07) is 11.4. The van der Waals surface area contributed by atoms with Crippen molar-refractivity contribution in [1.29, 1.82) is 0 Å². The first-order valence-corrected chi connectivity index (χ1v) is 8.26. The van der Waals surface area contributed by atoms with E-state index >= 15 is 0 Å². The van der Waals surface area contributed by atoms with Crippen LogP contribution < -0.4 is 5.32 Å². The van der Waals surface area contributed by atoms with Gasteiger partial charge in [0.15, 0.2) is 0 Å². The lowest BCUT2D eigenvalue weighted by Crippen LogP contribution is -2.24. The van der Waals surface area contributed by atoms with Gasteiger partial charge in [-0.15, -0.1) is 0 Å². The normalized spacial score (nSPS) is 20.1. The molecule has 20 heavy (non-hydrogen) atoms. The molecule has 0 amide bonds. The van der Waals surface area contributed by atoms with Crippen molar-refractivity contribution >= 4 is 0 Å². The minimum absolute atomic E-state index is 0.519. The molecular formula is C18H29NO. The summed E-state index contributed by atoms with van der Waals surface area (Å²) in [7, 11) is 0. The molecule has 0 spiro atoms. The van der Waals surface area contributed by atoms with Gasteiger partial charge < -0.3 is 10.1 Å². The van der Waals surface area contributed by atoms with Crippen LogP contribution in [0.1, 0.15) is 57.1 Å². The maximum absolute atomic E-state index is 5.45. The van der Waals surface area contributed by atoms with Gasteiger partial charge in [0.05, 0.1) is 0 Å². The Balaban J connectivity index is 1.78. The predicted molar refractivity (Wildman–Crippen MR) is 84.9 cm³/mol. The Morgan fingerprint density at radius 2 is 2.10 bits per heavy atom. The van der Waals surface area contributed by atoms with Gasteiger partial charge in [-0.05, 0) is 37.3 Å². The average molecular weight is 275 g/mol. The van der Waals surface area contributed by atoms with Gasteiger partial charge in [-0.3, -0.25) is 0 Å². The zero-order chi connectivity index (χ0) is 14.0. The minimum atomic E-state index is 0.519. The molecule has 112 valence electrons. The van der Waals surface area contributed by atoms with E-state index in [4.69, 9.17) is 4.74 Å². The lowest BCUT2D eigenvalue weighted by Gasteiger charge is -2.20. The SMILES string of the molecule is CCCCCC(NCCC1CCOC1)c1ccccc1. The smallest absolute Gasteiger partial charge is 0.0495 e. The van der Waals surface area contributed by atoms with E-state index in [0.717, 1.165) is 25.7 Å². The number of ether oxygens (including phenoxy) is 1. The highest BCUT2D eigenvalue weighted by Crippen LogP contribution is 2.21. The fraction of sp³-hybridized carbons (Fsp3) is 0.667. The molecule has 1 aromatic carbocycles. The maximum atomic E-state index is 5.45. The summed E-state index contributed by atoms with van der Waals surface area (Å²) in [5.74, 6) is 0.773. The van der Waals surface area contributed by atoms with E-state index in [1.54, 1.807) is 0 Å². The van der Waals surface area contributed by atoms with E-state index in [1.807, 2.05) is 0 Å². The maximum Gasteiger partial charge on any atom is 0.0495 e. The monoisotopic (exact) mass is 275 g/mol. The molecule has 2 atom stereocenters. The summed E-state index contributed by atoms with van der Waals surface area (Å²) in [5, 5.41) is 3.77. The Bertz CT molecular complexity index is 346. The van der Waals surface area contributed by atoms with Gasteiger partial charge in [0.2, 0.25) is 0 Å². The summed E-state index contributed by atoms with van der Waals surface area (Å²) < 4.78 is 5.45. The number of nitrogens with one attached hydrogen (secondary N) is 1. The fourth-order valence-electron chi connectivity index (χ4n) is 2.94. The fourth-order valence-corrected chi connectivity index (χ4v) is 2.94. The number of hydrogen-bond donors (Lipinski definition) is 1. The Labute approximate surface area is 123 Å². The average Bonchev–Trinajstić information content (AvgIpc) is 3.00. The Kier molecular flexibility index (Phi) is 7.10. The van der Waals surface area contributed by atoms with Crippen LogP contribution in [0.3, 0.4) is 0 Å². The zero-order valence-corrected chi connectivity index (χ0v) is 12.8. The van der Waals surface area contributed by atoms with Gasteiger partial charge in [0.1, 0.15) is 0 Å². The van der Waals surface area contributed by atoms with Crippen LogP contribution in [0.25, 0.3) is 0 Å². The molecule has 0 saturated carbocycles. The van der Waals surface area contributed by atoms with E-state index in [1.165, 1.54) is 44.1 Å². The Hall–Kier alpha value is -0.860. The lowest BCUT2D eigenvalue weighted by molar-refractivity contribution is 0.184. The van der Waals surface area contributed by atoms with Crippen LogP contribution in [0.4, 0.5) is 0 Å². The number of rotatable bonds is 9. The van der Waals surface area contributed by atoms with E-state index < -0.39 is 0 Å². The van der Waals surface area contributed by atoms with Gasteiger partial charge in [-0.2, -0.15) is 0 Å². The van der Waals surface area contributed by atoms with Crippen LogP contribution in [0.5, 0.6) is 0 Å². The highest BCUT2D eigenvalue weighted by Gasteiger charge is 2.16.